The molecule has 4 aromatic rings. The van der Waals surface area contributed by atoms with Crippen molar-refractivity contribution in [2.75, 3.05) is 38.7 Å². The van der Waals surface area contributed by atoms with Gasteiger partial charge in [-0.2, -0.15) is 0 Å². The third-order valence-electron chi connectivity index (χ3n) is 8.60. The van der Waals surface area contributed by atoms with Crippen molar-refractivity contribution in [3.05, 3.63) is 72.4 Å². The molecule has 12 nitrogen and oxygen atoms in total. The van der Waals surface area contributed by atoms with E-state index < -0.39 is 11.9 Å². The first-order chi connectivity index (χ1) is 22.3. The number of aromatic amines is 1. The Labute approximate surface area is 281 Å². The number of hydrogen-bond donors (Lipinski definition) is 3. The van der Waals surface area contributed by atoms with Crippen LogP contribution in [0.5, 0.6) is 5.88 Å². The molecule has 0 unspecified atom stereocenters. The first-order valence-corrected chi connectivity index (χ1v) is 15.8. The van der Waals surface area contributed by atoms with Gasteiger partial charge in [0.1, 0.15) is 6.04 Å². The van der Waals surface area contributed by atoms with Gasteiger partial charge in [0.2, 0.25) is 17.7 Å². The van der Waals surface area contributed by atoms with Gasteiger partial charge in [0, 0.05) is 48.0 Å². The molecule has 1 fully saturated rings. The van der Waals surface area contributed by atoms with E-state index in [1.165, 1.54) is 0 Å². The zero-order valence-electron chi connectivity index (χ0n) is 26.9. The lowest BCUT2D eigenvalue weighted by Gasteiger charge is -2.35. The van der Waals surface area contributed by atoms with E-state index in [2.05, 4.69) is 30.5 Å². The Morgan fingerprint density at radius 1 is 1.00 bits per heavy atom. The Bertz CT molecular complexity index is 1560. The summed E-state index contributed by atoms with van der Waals surface area (Å²) in [5.74, 6) is 0.605. The van der Waals surface area contributed by atoms with Crippen LogP contribution in [-0.4, -0.2) is 82.2 Å². The first kappa shape index (κ1) is 35.5. The van der Waals surface area contributed by atoms with Gasteiger partial charge in [0.25, 0.3) is 0 Å². The molecule has 1 saturated carbocycles. The molecule has 2 aromatic heterocycles. The molecule has 0 spiro atoms. The lowest BCUT2D eigenvalue weighted by Crippen LogP contribution is -2.52. The van der Waals surface area contributed by atoms with Crippen LogP contribution in [0.15, 0.2) is 66.9 Å². The quantitative estimate of drug-likeness (QED) is 0.170. The molecule has 0 aliphatic heterocycles. The Morgan fingerprint density at radius 3 is 2.36 bits per heavy atom. The fraction of sp³-hybridized carbons (Fsp3) is 0.412. The van der Waals surface area contributed by atoms with Gasteiger partial charge in [-0.3, -0.25) is 14.5 Å². The summed E-state index contributed by atoms with van der Waals surface area (Å²) in [7, 11) is 4.07. The van der Waals surface area contributed by atoms with Crippen LogP contribution in [0.4, 0.5) is 5.69 Å². The summed E-state index contributed by atoms with van der Waals surface area (Å²) in [6, 6.07) is 18.1. The average Bonchev–Trinajstić information content (AvgIpc) is 3.62. The number of ether oxygens (including phenoxy) is 1. The number of aromatic nitrogens is 5. The molecule has 1 aliphatic rings. The molecular weight excluding hydrogens is 618 g/mol. The predicted molar refractivity (Wildman–Crippen MR) is 184 cm³/mol. The second-order valence-electron chi connectivity index (χ2n) is 12.2. The molecule has 2 heterocycles. The molecule has 2 amide bonds. The van der Waals surface area contributed by atoms with Crippen LogP contribution < -0.4 is 21.1 Å². The number of H-pyrrole nitrogens is 1. The number of nitrogens with one attached hydrogen (secondary N) is 1. The average molecular weight is 662 g/mol. The minimum atomic E-state index is -0.899. The van der Waals surface area contributed by atoms with Gasteiger partial charge in [0.15, 0.2) is 5.82 Å². The molecule has 0 radical (unpaired) electrons. The van der Waals surface area contributed by atoms with E-state index in [9.17, 15) is 9.59 Å². The number of pyridine rings is 1. The van der Waals surface area contributed by atoms with Crippen molar-refractivity contribution >= 4 is 29.9 Å². The maximum Gasteiger partial charge on any atom is 0.240 e. The van der Waals surface area contributed by atoms with Crippen molar-refractivity contribution in [3.8, 4) is 28.4 Å². The number of nitrogens with zero attached hydrogens (tertiary/aromatic N) is 6. The van der Waals surface area contributed by atoms with Crippen LogP contribution in [0.2, 0.25) is 0 Å². The first-order valence-electron chi connectivity index (χ1n) is 15.8. The van der Waals surface area contributed by atoms with Crippen LogP contribution in [0.1, 0.15) is 37.7 Å². The summed E-state index contributed by atoms with van der Waals surface area (Å²) in [6.45, 7) is 2.16. The topological polar surface area (TPSA) is 169 Å². The van der Waals surface area contributed by atoms with Gasteiger partial charge in [-0.15, -0.1) is 17.5 Å². The lowest BCUT2D eigenvalue weighted by molar-refractivity contribution is -0.127. The molecule has 1 atom stereocenters. The molecule has 1 aliphatic carbocycles. The third kappa shape index (κ3) is 9.34. The number of tetrazole rings is 1. The van der Waals surface area contributed by atoms with Crippen LogP contribution >= 0.6 is 12.4 Å². The summed E-state index contributed by atoms with van der Waals surface area (Å²) < 4.78 is 5.79. The van der Waals surface area contributed by atoms with Gasteiger partial charge < -0.3 is 21.1 Å². The SMILES string of the molecule is CN(C)CCCOc1ccc(-c2cccc(C[C@@H](C(N)=O)N(c3ccc(-c4nnn[nH]4)cc3)C(=O)[C@H]3CC[C@H](CN)CC3)c2)cn1.Cl. The summed E-state index contributed by atoms with van der Waals surface area (Å²) >= 11 is 0. The number of benzene rings is 2. The van der Waals surface area contributed by atoms with Gasteiger partial charge >= 0.3 is 0 Å². The molecule has 47 heavy (non-hydrogen) atoms. The number of amides is 2. The number of carbonyl (C=O) groups excluding carboxylic acids is 2. The number of hydrogen-bond acceptors (Lipinski definition) is 9. The van der Waals surface area contributed by atoms with E-state index in [4.69, 9.17) is 16.2 Å². The Kier molecular flexibility index (Phi) is 12.8. The number of carbonyl (C=O) groups is 2. The van der Waals surface area contributed by atoms with E-state index in [1.54, 1.807) is 11.1 Å². The third-order valence-corrected chi connectivity index (χ3v) is 8.60. The van der Waals surface area contributed by atoms with E-state index in [-0.39, 0.29) is 30.7 Å². The number of halogens is 1. The molecule has 5 rings (SSSR count). The Morgan fingerprint density at radius 2 is 1.74 bits per heavy atom. The van der Waals surface area contributed by atoms with Crippen molar-refractivity contribution < 1.29 is 14.3 Å². The Hall–Kier alpha value is -4.39. The number of nitrogens with two attached hydrogens (primary N) is 2. The van der Waals surface area contributed by atoms with Crippen molar-refractivity contribution in [2.24, 2.45) is 23.3 Å². The maximum atomic E-state index is 14.2. The molecule has 250 valence electrons. The van der Waals surface area contributed by atoms with Crippen molar-refractivity contribution in [1.29, 1.82) is 0 Å². The molecule has 2 aromatic carbocycles. The predicted octanol–water partition coefficient (Wildman–Crippen LogP) is 3.88. The summed E-state index contributed by atoms with van der Waals surface area (Å²) in [5, 5.41) is 14.0. The summed E-state index contributed by atoms with van der Waals surface area (Å²) in [5.41, 5.74) is 16.1. The second-order valence-corrected chi connectivity index (χ2v) is 12.2. The van der Waals surface area contributed by atoms with Gasteiger partial charge in [-0.25, -0.2) is 10.1 Å². The minimum Gasteiger partial charge on any atom is -0.478 e. The lowest BCUT2D eigenvalue weighted by atomic mass is 9.81. The van der Waals surface area contributed by atoms with Gasteiger partial charge in [-0.05, 0) is 111 Å². The van der Waals surface area contributed by atoms with Crippen molar-refractivity contribution in [2.45, 2.75) is 44.6 Å². The standard InChI is InChI=1S/C34H43N9O3.ClH/c1-42(2)17-4-18-46-31-16-13-28(22-37-31)27-6-3-5-24(19-27)20-30(32(36)44)43(34(45)26-9-7-23(21-35)8-10-26)29-14-11-25(12-15-29)33-38-40-41-39-33;/h3,5-6,11-16,19,22-23,26,30H,4,7-10,17-18,20-21,35H2,1-2H3,(H2,36,44)(H,38,39,40,41);1H/t23-,26-,30-;/m0./s1. The molecule has 13 heteroatoms. The highest BCUT2D eigenvalue weighted by atomic mass is 35.5. The number of rotatable bonds is 14. The normalized spacial score (nSPS) is 16.7. The van der Waals surface area contributed by atoms with E-state index >= 15 is 0 Å². The van der Waals surface area contributed by atoms with Crippen LogP contribution in [-0.2, 0) is 16.0 Å². The molecule has 5 N–H and O–H groups in total. The van der Waals surface area contributed by atoms with E-state index in [0.717, 1.165) is 60.9 Å². The van der Waals surface area contributed by atoms with Crippen LogP contribution in [0, 0.1) is 11.8 Å². The molecular formula is C34H44ClN9O3. The highest BCUT2D eigenvalue weighted by Gasteiger charge is 2.36. The van der Waals surface area contributed by atoms with Crippen LogP contribution in [0.3, 0.4) is 0 Å². The van der Waals surface area contributed by atoms with E-state index in [1.807, 2.05) is 74.8 Å². The zero-order valence-corrected chi connectivity index (χ0v) is 27.7. The minimum absolute atomic E-state index is 0. The smallest absolute Gasteiger partial charge is 0.240 e. The summed E-state index contributed by atoms with van der Waals surface area (Å²) in [6.07, 6.45) is 6.17. The highest BCUT2D eigenvalue weighted by molar-refractivity contribution is 6.01. The monoisotopic (exact) mass is 661 g/mol. The zero-order chi connectivity index (χ0) is 32.5. The van der Waals surface area contributed by atoms with E-state index in [0.29, 0.717) is 36.5 Å². The second kappa shape index (κ2) is 17.0. The van der Waals surface area contributed by atoms with Crippen LogP contribution in [0.25, 0.3) is 22.5 Å². The fourth-order valence-corrected chi connectivity index (χ4v) is 5.98. The van der Waals surface area contributed by atoms with Crippen molar-refractivity contribution in [1.82, 2.24) is 30.5 Å². The molecule has 0 saturated heterocycles. The van der Waals surface area contributed by atoms with Gasteiger partial charge in [-0.1, -0.05) is 24.3 Å². The van der Waals surface area contributed by atoms with Crippen molar-refractivity contribution in [3.63, 3.8) is 0 Å². The summed E-state index contributed by atoms with van der Waals surface area (Å²) in [4.78, 5) is 35.6. The fourth-order valence-electron chi connectivity index (χ4n) is 5.98. The largest absolute Gasteiger partial charge is 0.478 e. The number of anilines is 1. The number of primary amides is 1. The van der Waals surface area contributed by atoms with Gasteiger partial charge in [0.05, 0.1) is 6.61 Å². The maximum absolute atomic E-state index is 14.2. The molecule has 0 bridgehead atoms. The highest BCUT2D eigenvalue weighted by Crippen LogP contribution is 2.33. The Balaban J connectivity index is 0.00000500.